The number of carboxylic acid groups (broad SMARTS) is 1. The molecule has 0 saturated carbocycles. The van der Waals surface area contributed by atoms with Gasteiger partial charge in [-0.05, 0) is 62.7 Å². The lowest BCUT2D eigenvalue weighted by Gasteiger charge is -2.48. The highest BCUT2D eigenvalue weighted by Crippen LogP contribution is 2.33. The molecule has 3 saturated heterocycles. The number of aliphatic carboxylic acids is 1. The molecule has 0 bridgehead atoms. The Morgan fingerprint density at radius 1 is 1.18 bits per heavy atom. The molecule has 1 aromatic rings. The van der Waals surface area contributed by atoms with Crippen molar-refractivity contribution in [2.75, 3.05) is 52.9 Å². The Labute approximate surface area is 196 Å². The minimum atomic E-state index is -0.731. The number of rotatable bonds is 9. The third-order valence-electron chi connectivity index (χ3n) is 7.58. The molecule has 3 fully saturated rings. The molecule has 0 spiro atoms. The van der Waals surface area contributed by atoms with Crippen molar-refractivity contribution < 1.29 is 19.4 Å². The SMILES string of the molecule is CN1CC(N2CCN(CCCC(=O)O)C(C(Cc3ccccc3)C3CCNCC3)C2)OC1=O. The van der Waals surface area contributed by atoms with Crippen LogP contribution in [0.15, 0.2) is 30.3 Å². The van der Waals surface area contributed by atoms with Gasteiger partial charge in [0.25, 0.3) is 0 Å². The Kier molecular flexibility index (Phi) is 8.22. The number of ether oxygens (including phenoxy) is 1. The van der Waals surface area contributed by atoms with Gasteiger partial charge >= 0.3 is 12.1 Å². The second-order valence-corrected chi connectivity index (χ2v) is 9.76. The van der Waals surface area contributed by atoms with E-state index in [-0.39, 0.29) is 18.7 Å². The first-order valence-electron chi connectivity index (χ1n) is 12.4. The minimum Gasteiger partial charge on any atom is -0.481 e. The van der Waals surface area contributed by atoms with E-state index in [4.69, 9.17) is 9.84 Å². The molecule has 33 heavy (non-hydrogen) atoms. The van der Waals surface area contributed by atoms with Crippen molar-refractivity contribution in [3.05, 3.63) is 35.9 Å². The average molecular weight is 459 g/mol. The van der Waals surface area contributed by atoms with Crippen molar-refractivity contribution in [3.63, 3.8) is 0 Å². The normalized spacial score (nSPS) is 26.3. The van der Waals surface area contributed by atoms with Crippen molar-refractivity contribution >= 4 is 12.1 Å². The summed E-state index contributed by atoms with van der Waals surface area (Å²) in [5.41, 5.74) is 1.36. The zero-order valence-corrected chi connectivity index (χ0v) is 19.7. The number of likely N-dealkylation sites (N-methyl/N-ethyl adjacent to an activating group) is 1. The number of carbonyl (C=O) groups is 2. The number of nitrogens with zero attached hydrogens (tertiary/aromatic N) is 3. The molecule has 0 aliphatic carbocycles. The molecule has 3 aliphatic heterocycles. The third-order valence-corrected chi connectivity index (χ3v) is 7.58. The van der Waals surface area contributed by atoms with Gasteiger partial charge in [0.1, 0.15) is 0 Å². The van der Waals surface area contributed by atoms with Crippen LogP contribution in [0.3, 0.4) is 0 Å². The summed E-state index contributed by atoms with van der Waals surface area (Å²) in [6.07, 6.45) is 3.77. The Balaban J connectivity index is 1.55. The van der Waals surface area contributed by atoms with Crippen LogP contribution in [-0.4, -0.2) is 97.0 Å². The number of carboxylic acids is 1. The summed E-state index contributed by atoms with van der Waals surface area (Å²) < 4.78 is 5.66. The molecule has 1 aromatic carbocycles. The Morgan fingerprint density at radius 2 is 1.94 bits per heavy atom. The summed E-state index contributed by atoms with van der Waals surface area (Å²) in [7, 11) is 1.79. The second kappa shape index (κ2) is 11.3. The maximum Gasteiger partial charge on any atom is 0.411 e. The molecule has 3 unspecified atom stereocenters. The topological polar surface area (TPSA) is 85.3 Å². The van der Waals surface area contributed by atoms with E-state index in [2.05, 4.69) is 45.4 Å². The fourth-order valence-corrected chi connectivity index (χ4v) is 5.77. The third kappa shape index (κ3) is 6.25. The fraction of sp³-hybridized carbons (Fsp3) is 0.680. The van der Waals surface area contributed by atoms with Crippen LogP contribution < -0.4 is 5.32 Å². The summed E-state index contributed by atoms with van der Waals surface area (Å²) in [5, 5.41) is 12.7. The second-order valence-electron chi connectivity index (χ2n) is 9.76. The highest BCUT2D eigenvalue weighted by Gasteiger charge is 2.41. The molecule has 8 nitrogen and oxygen atoms in total. The lowest BCUT2D eigenvalue weighted by atomic mass is 9.75. The predicted molar refractivity (Wildman–Crippen MR) is 126 cm³/mol. The first kappa shape index (κ1) is 24.0. The van der Waals surface area contributed by atoms with Gasteiger partial charge in [0.2, 0.25) is 0 Å². The quantitative estimate of drug-likeness (QED) is 0.586. The smallest absolute Gasteiger partial charge is 0.411 e. The van der Waals surface area contributed by atoms with Crippen molar-refractivity contribution in [2.24, 2.45) is 11.8 Å². The highest BCUT2D eigenvalue weighted by molar-refractivity contribution is 5.69. The van der Waals surface area contributed by atoms with Crippen molar-refractivity contribution in [3.8, 4) is 0 Å². The molecule has 3 atom stereocenters. The average Bonchev–Trinajstić information content (AvgIpc) is 3.17. The van der Waals surface area contributed by atoms with Gasteiger partial charge in [-0.2, -0.15) is 0 Å². The largest absolute Gasteiger partial charge is 0.481 e. The molecule has 0 aromatic heterocycles. The van der Waals surface area contributed by atoms with Crippen LogP contribution in [0.4, 0.5) is 4.79 Å². The summed E-state index contributed by atoms with van der Waals surface area (Å²) in [6, 6.07) is 11.0. The van der Waals surface area contributed by atoms with Gasteiger partial charge in [-0.3, -0.25) is 14.6 Å². The molecule has 1 amide bonds. The fourth-order valence-electron chi connectivity index (χ4n) is 5.77. The predicted octanol–water partition coefficient (Wildman–Crippen LogP) is 2.10. The van der Waals surface area contributed by atoms with E-state index in [9.17, 15) is 9.59 Å². The van der Waals surface area contributed by atoms with Gasteiger partial charge in [-0.15, -0.1) is 0 Å². The monoisotopic (exact) mass is 458 g/mol. The van der Waals surface area contributed by atoms with Gasteiger partial charge in [-0.25, -0.2) is 4.79 Å². The van der Waals surface area contributed by atoms with E-state index in [0.717, 1.165) is 58.5 Å². The number of amides is 1. The Morgan fingerprint density at radius 3 is 2.61 bits per heavy atom. The van der Waals surface area contributed by atoms with Crippen LogP contribution in [0.1, 0.15) is 31.2 Å². The zero-order valence-electron chi connectivity index (χ0n) is 19.7. The molecule has 0 radical (unpaired) electrons. The number of nitrogens with one attached hydrogen (secondary N) is 1. The molecule has 3 heterocycles. The number of carbonyl (C=O) groups excluding carboxylic acids is 1. The van der Waals surface area contributed by atoms with Crippen molar-refractivity contribution in [1.29, 1.82) is 0 Å². The van der Waals surface area contributed by atoms with Crippen LogP contribution in [0, 0.1) is 11.8 Å². The van der Waals surface area contributed by atoms with Gasteiger partial charge in [0.05, 0.1) is 6.54 Å². The summed E-state index contributed by atoms with van der Waals surface area (Å²) in [5.74, 6) is 0.356. The maximum absolute atomic E-state index is 12.0. The number of benzene rings is 1. The lowest BCUT2D eigenvalue weighted by molar-refractivity contribution is -0.137. The van der Waals surface area contributed by atoms with Gasteiger partial charge in [-0.1, -0.05) is 30.3 Å². The van der Waals surface area contributed by atoms with Crippen LogP contribution in [0.2, 0.25) is 0 Å². The number of piperidine rings is 1. The standard InChI is InChI=1S/C25H38N4O4/c1-27-18-23(33-25(27)32)29-15-14-28(13-5-8-24(30)31)22(17-29)21(20-9-11-26-12-10-20)16-19-6-3-2-4-7-19/h2-4,6-7,20-23,26H,5,8-18H2,1H3,(H,30,31). The van der Waals surface area contributed by atoms with Crippen LogP contribution in [0.25, 0.3) is 0 Å². The van der Waals surface area contributed by atoms with Crippen molar-refractivity contribution in [2.45, 2.75) is 44.4 Å². The molecule has 4 rings (SSSR count). The van der Waals surface area contributed by atoms with Gasteiger partial charge in [0, 0.05) is 39.1 Å². The van der Waals surface area contributed by atoms with E-state index in [1.54, 1.807) is 11.9 Å². The van der Waals surface area contributed by atoms with E-state index in [1.165, 1.54) is 5.56 Å². The van der Waals surface area contributed by atoms with Gasteiger partial charge < -0.3 is 20.1 Å². The Bertz CT molecular complexity index is 786. The Hall–Kier alpha value is -2.16. The first-order chi connectivity index (χ1) is 16.0. The van der Waals surface area contributed by atoms with E-state index < -0.39 is 5.97 Å². The molecule has 182 valence electrons. The van der Waals surface area contributed by atoms with Crippen LogP contribution in [-0.2, 0) is 16.0 Å². The highest BCUT2D eigenvalue weighted by atomic mass is 16.6. The first-order valence-corrected chi connectivity index (χ1v) is 12.4. The van der Waals surface area contributed by atoms with E-state index >= 15 is 0 Å². The van der Waals surface area contributed by atoms with E-state index in [0.29, 0.717) is 30.8 Å². The summed E-state index contributed by atoms with van der Waals surface area (Å²) in [6.45, 7) is 6.05. The number of piperazine rings is 1. The lowest BCUT2D eigenvalue weighted by Crippen LogP contribution is -2.60. The van der Waals surface area contributed by atoms with Crippen molar-refractivity contribution in [1.82, 2.24) is 20.0 Å². The van der Waals surface area contributed by atoms with Gasteiger partial charge in [0.15, 0.2) is 6.23 Å². The van der Waals surface area contributed by atoms with E-state index in [1.807, 2.05) is 0 Å². The molecular formula is C25H38N4O4. The maximum atomic E-state index is 12.0. The number of hydrogen-bond donors (Lipinski definition) is 2. The molecule has 8 heteroatoms. The van der Waals surface area contributed by atoms with Crippen LogP contribution in [0.5, 0.6) is 0 Å². The summed E-state index contributed by atoms with van der Waals surface area (Å²) in [4.78, 5) is 29.7. The number of hydrogen-bond acceptors (Lipinski definition) is 6. The molecular weight excluding hydrogens is 420 g/mol. The molecule has 3 aliphatic rings. The zero-order chi connectivity index (χ0) is 23.2. The summed E-state index contributed by atoms with van der Waals surface area (Å²) >= 11 is 0. The minimum absolute atomic E-state index is 0.198. The van der Waals surface area contributed by atoms with Crippen LogP contribution >= 0.6 is 0 Å². The molecule has 2 N–H and O–H groups in total. The number of cyclic esters (lactones) is 1.